The summed E-state index contributed by atoms with van der Waals surface area (Å²) in [5.41, 5.74) is 0.961. The largest absolute Gasteiger partial charge is 0.497 e. The molecule has 0 amide bonds. The van der Waals surface area contributed by atoms with Crippen LogP contribution in [-0.2, 0) is 17.8 Å². The Morgan fingerprint density at radius 3 is 2.55 bits per heavy atom. The second-order valence-electron chi connectivity index (χ2n) is 8.04. The van der Waals surface area contributed by atoms with E-state index >= 15 is 0 Å². The van der Waals surface area contributed by atoms with Gasteiger partial charge in [0.05, 0.1) is 31.8 Å². The summed E-state index contributed by atoms with van der Waals surface area (Å²) >= 11 is 0. The number of imidazole rings is 1. The number of ether oxygens (including phenoxy) is 2. The van der Waals surface area contributed by atoms with E-state index in [0.29, 0.717) is 24.4 Å². The highest BCUT2D eigenvalue weighted by molar-refractivity contribution is 5.72. The number of rotatable bonds is 6. The number of hydrogen-bond acceptors (Lipinski definition) is 5. The number of aromatic nitrogens is 4. The van der Waals surface area contributed by atoms with E-state index in [-0.39, 0.29) is 18.3 Å². The Kier molecular flexibility index (Phi) is 5.55. The van der Waals surface area contributed by atoms with E-state index in [2.05, 4.69) is 4.98 Å². The highest BCUT2D eigenvalue weighted by Gasteiger charge is 2.23. The third-order valence-electron chi connectivity index (χ3n) is 5.91. The zero-order valence-corrected chi connectivity index (χ0v) is 18.1. The Hall–Kier alpha value is -3.72. The van der Waals surface area contributed by atoms with E-state index in [0.717, 1.165) is 24.2 Å². The summed E-state index contributed by atoms with van der Waals surface area (Å²) in [7, 11) is 1.60. The van der Waals surface area contributed by atoms with Crippen LogP contribution in [0.1, 0.15) is 18.4 Å². The summed E-state index contributed by atoms with van der Waals surface area (Å²) in [4.78, 5) is 31.3. The first-order valence-electron chi connectivity index (χ1n) is 10.8. The monoisotopic (exact) mass is 450 g/mol. The number of fused-ring (bicyclic) bond motifs is 1. The molecule has 3 heterocycles. The van der Waals surface area contributed by atoms with Crippen LogP contribution >= 0.6 is 0 Å². The van der Waals surface area contributed by atoms with Gasteiger partial charge in [-0.2, -0.15) is 0 Å². The third-order valence-corrected chi connectivity index (χ3v) is 5.91. The topological polar surface area (TPSA) is 80.3 Å². The highest BCUT2D eigenvalue weighted by atomic mass is 19.1. The van der Waals surface area contributed by atoms with Gasteiger partial charge in [-0.05, 0) is 54.8 Å². The average molecular weight is 450 g/mol. The first-order chi connectivity index (χ1) is 16.0. The smallest absolute Gasteiger partial charge is 0.337 e. The molecule has 2 aromatic heterocycles. The van der Waals surface area contributed by atoms with E-state index in [1.54, 1.807) is 18.0 Å². The van der Waals surface area contributed by atoms with Gasteiger partial charge in [0.25, 0.3) is 5.56 Å². The van der Waals surface area contributed by atoms with E-state index < -0.39 is 17.1 Å². The zero-order valence-electron chi connectivity index (χ0n) is 18.1. The average Bonchev–Trinajstić information content (AvgIpc) is 3.49. The normalized spacial score (nSPS) is 15.9. The predicted molar refractivity (Wildman–Crippen MR) is 121 cm³/mol. The quantitative estimate of drug-likeness (QED) is 0.451. The maximum absolute atomic E-state index is 13.5. The van der Waals surface area contributed by atoms with Gasteiger partial charge in [-0.1, -0.05) is 12.1 Å². The van der Waals surface area contributed by atoms with Gasteiger partial charge in [0.2, 0.25) is 0 Å². The van der Waals surface area contributed by atoms with Gasteiger partial charge in [-0.15, -0.1) is 0 Å². The summed E-state index contributed by atoms with van der Waals surface area (Å²) in [6.07, 6.45) is 3.02. The Morgan fingerprint density at radius 2 is 1.88 bits per heavy atom. The van der Waals surface area contributed by atoms with Crippen LogP contribution in [0.5, 0.6) is 5.75 Å². The van der Waals surface area contributed by atoms with Gasteiger partial charge in [-0.25, -0.2) is 18.7 Å². The van der Waals surface area contributed by atoms with Crippen molar-refractivity contribution < 1.29 is 13.9 Å². The van der Waals surface area contributed by atoms with E-state index in [4.69, 9.17) is 9.47 Å². The van der Waals surface area contributed by atoms with Crippen LogP contribution in [0, 0.1) is 5.82 Å². The van der Waals surface area contributed by atoms with Gasteiger partial charge >= 0.3 is 5.69 Å². The van der Waals surface area contributed by atoms with Crippen molar-refractivity contribution in [1.29, 1.82) is 0 Å². The van der Waals surface area contributed by atoms with Crippen molar-refractivity contribution in [3.05, 3.63) is 87.1 Å². The van der Waals surface area contributed by atoms with Gasteiger partial charge in [0.15, 0.2) is 11.2 Å². The SMILES string of the molecule is COc1ccc(Cn2cnc3c2c(=O)n(CC2CCCO2)c(=O)n3-c2ccc(F)cc2)cc1. The lowest BCUT2D eigenvalue weighted by Gasteiger charge is -2.15. The maximum atomic E-state index is 13.5. The fourth-order valence-electron chi connectivity index (χ4n) is 4.20. The summed E-state index contributed by atoms with van der Waals surface area (Å²) in [5, 5.41) is 0. The molecule has 0 saturated carbocycles. The number of benzene rings is 2. The Bertz CT molecular complexity index is 1400. The predicted octanol–water partition coefficient (Wildman–Crippen LogP) is 2.72. The van der Waals surface area contributed by atoms with Gasteiger partial charge < -0.3 is 14.0 Å². The molecule has 1 unspecified atom stereocenters. The van der Waals surface area contributed by atoms with E-state index in [1.165, 1.54) is 33.4 Å². The second kappa shape index (κ2) is 8.67. The van der Waals surface area contributed by atoms with Gasteiger partial charge in [0, 0.05) is 13.2 Å². The second-order valence-corrected chi connectivity index (χ2v) is 8.04. The molecule has 5 rings (SSSR count). The van der Waals surface area contributed by atoms with E-state index in [9.17, 15) is 14.0 Å². The molecule has 1 fully saturated rings. The Balaban J connectivity index is 1.68. The molecule has 33 heavy (non-hydrogen) atoms. The zero-order chi connectivity index (χ0) is 22.9. The molecule has 0 spiro atoms. The minimum Gasteiger partial charge on any atom is -0.497 e. The molecule has 0 radical (unpaired) electrons. The maximum Gasteiger partial charge on any atom is 0.337 e. The lowest BCUT2D eigenvalue weighted by molar-refractivity contribution is 0.0950. The molecule has 0 N–H and O–H groups in total. The third kappa shape index (κ3) is 3.95. The van der Waals surface area contributed by atoms with Crippen LogP contribution in [0.15, 0.2) is 64.4 Å². The van der Waals surface area contributed by atoms with Crippen LogP contribution in [0.2, 0.25) is 0 Å². The Morgan fingerprint density at radius 1 is 1.12 bits per heavy atom. The summed E-state index contributed by atoms with van der Waals surface area (Å²) in [6, 6.07) is 13.1. The van der Waals surface area contributed by atoms with Crippen molar-refractivity contribution in [3.63, 3.8) is 0 Å². The van der Waals surface area contributed by atoms with E-state index in [1.807, 2.05) is 24.3 Å². The molecular formula is C24H23FN4O4. The van der Waals surface area contributed by atoms with Crippen LogP contribution in [0.4, 0.5) is 4.39 Å². The van der Waals surface area contributed by atoms with Crippen molar-refractivity contribution in [2.45, 2.75) is 32.0 Å². The molecule has 4 aromatic rings. The fourth-order valence-corrected chi connectivity index (χ4v) is 4.20. The number of halogens is 1. The Labute approximate surface area is 188 Å². The van der Waals surface area contributed by atoms with Crippen LogP contribution in [0.25, 0.3) is 16.9 Å². The van der Waals surface area contributed by atoms with Crippen LogP contribution in [-0.4, -0.2) is 38.5 Å². The molecule has 1 atom stereocenters. The van der Waals surface area contributed by atoms with Gasteiger partial charge in [-0.3, -0.25) is 9.36 Å². The van der Waals surface area contributed by atoms with Crippen molar-refractivity contribution in [1.82, 2.24) is 18.7 Å². The molecule has 1 aliphatic heterocycles. The molecular weight excluding hydrogens is 427 g/mol. The van der Waals surface area contributed by atoms with Crippen molar-refractivity contribution in [2.75, 3.05) is 13.7 Å². The van der Waals surface area contributed by atoms with Crippen molar-refractivity contribution in [3.8, 4) is 11.4 Å². The van der Waals surface area contributed by atoms with Crippen LogP contribution < -0.4 is 16.0 Å². The highest BCUT2D eigenvalue weighted by Crippen LogP contribution is 2.18. The minimum atomic E-state index is -0.524. The molecule has 2 aromatic carbocycles. The summed E-state index contributed by atoms with van der Waals surface area (Å²) in [6.45, 7) is 1.16. The van der Waals surface area contributed by atoms with Crippen molar-refractivity contribution in [2.24, 2.45) is 0 Å². The molecule has 9 heteroatoms. The summed E-state index contributed by atoms with van der Waals surface area (Å²) in [5.74, 6) is 0.319. The number of hydrogen-bond donors (Lipinski definition) is 0. The molecule has 8 nitrogen and oxygen atoms in total. The molecule has 170 valence electrons. The lowest BCUT2D eigenvalue weighted by atomic mass is 10.2. The summed E-state index contributed by atoms with van der Waals surface area (Å²) < 4.78 is 28.7. The number of methoxy groups -OCH3 is 1. The van der Waals surface area contributed by atoms with Crippen LogP contribution in [0.3, 0.4) is 0 Å². The standard InChI is InChI=1S/C24H23FN4O4/c1-32-19-10-4-16(5-11-19)13-27-15-26-22-21(27)23(30)28(14-20-3-2-12-33-20)24(31)29(22)18-8-6-17(25)7-9-18/h4-11,15,20H,2-3,12-14H2,1H3. The van der Waals surface area contributed by atoms with Gasteiger partial charge in [0.1, 0.15) is 11.6 Å². The molecule has 0 bridgehead atoms. The lowest BCUT2D eigenvalue weighted by Crippen LogP contribution is -2.42. The first kappa shape index (κ1) is 21.1. The number of nitrogens with zero attached hydrogens (tertiary/aromatic N) is 4. The van der Waals surface area contributed by atoms with Crippen molar-refractivity contribution >= 4 is 11.2 Å². The first-order valence-corrected chi connectivity index (χ1v) is 10.8. The minimum absolute atomic E-state index is 0.155. The fraction of sp³-hybridized carbons (Fsp3) is 0.292. The molecule has 0 aliphatic carbocycles. The molecule has 1 aliphatic rings. The molecule has 1 saturated heterocycles.